The minimum Gasteiger partial charge on any atom is -0.319 e. The van der Waals surface area contributed by atoms with Crippen molar-refractivity contribution < 1.29 is 4.39 Å². The molecule has 0 fully saturated rings. The Morgan fingerprint density at radius 3 is 2.58 bits per heavy atom. The van der Waals surface area contributed by atoms with Gasteiger partial charge < -0.3 is 5.32 Å². The van der Waals surface area contributed by atoms with Crippen LogP contribution >= 0.6 is 11.6 Å². The molecule has 1 rings (SSSR count). The molecule has 0 aliphatic carbocycles. The van der Waals surface area contributed by atoms with E-state index in [1.165, 1.54) is 18.9 Å². The summed E-state index contributed by atoms with van der Waals surface area (Å²) in [5, 5.41) is 3.73. The first-order chi connectivity index (χ1) is 9.06. The molecule has 0 radical (unpaired) electrons. The quantitative estimate of drug-likeness (QED) is 0.721. The van der Waals surface area contributed by atoms with Crippen LogP contribution in [-0.4, -0.2) is 13.6 Å². The minimum atomic E-state index is -0.182. The van der Waals surface area contributed by atoms with Gasteiger partial charge in [-0.1, -0.05) is 44.4 Å². The largest absolute Gasteiger partial charge is 0.319 e. The van der Waals surface area contributed by atoms with Crippen LogP contribution in [0.3, 0.4) is 0 Å². The summed E-state index contributed by atoms with van der Waals surface area (Å²) in [5.41, 5.74) is 0.914. The van der Waals surface area contributed by atoms with Crippen LogP contribution < -0.4 is 5.32 Å². The summed E-state index contributed by atoms with van der Waals surface area (Å²) < 4.78 is 14.0. The highest BCUT2D eigenvalue weighted by molar-refractivity contribution is 6.30. The van der Waals surface area contributed by atoms with Crippen LogP contribution in [0.25, 0.3) is 0 Å². The van der Waals surface area contributed by atoms with Crippen molar-refractivity contribution in [2.75, 3.05) is 13.6 Å². The SMILES string of the molecule is CCCCC(CC)(CNC)Cc1ccc(Cl)cc1F. The molecule has 1 unspecified atom stereocenters. The van der Waals surface area contributed by atoms with Gasteiger partial charge in [-0.3, -0.25) is 0 Å². The van der Waals surface area contributed by atoms with Crippen LogP contribution in [0.15, 0.2) is 18.2 Å². The lowest BCUT2D eigenvalue weighted by Gasteiger charge is -2.33. The summed E-state index contributed by atoms with van der Waals surface area (Å²) in [6, 6.07) is 5.01. The van der Waals surface area contributed by atoms with Crippen LogP contribution in [0.1, 0.15) is 45.1 Å². The first kappa shape index (κ1) is 16.5. The molecule has 1 aromatic rings. The fourth-order valence-electron chi connectivity index (χ4n) is 2.66. The van der Waals surface area contributed by atoms with Gasteiger partial charge in [-0.2, -0.15) is 0 Å². The van der Waals surface area contributed by atoms with Gasteiger partial charge in [0.2, 0.25) is 0 Å². The molecule has 1 nitrogen and oxygen atoms in total. The Balaban J connectivity index is 2.91. The third-order valence-corrected chi connectivity index (χ3v) is 4.18. The fourth-order valence-corrected chi connectivity index (χ4v) is 2.82. The van der Waals surface area contributed by atoms with Crippen LogP contribution in [0.5, 0.6) is 0 Å². The molecule has 108 valence electrons. The lowest BCUT2D eigenvalue weighted by Crippen LogP contribution is -2.34. The first-order valence-electron chi connectivity index (χ1n) is 7.15. The normalized spacial score (nSPS) is 14.4. The Morgan fingerprint density at radius 2 is 2.05 bits per heavy atom. The standard InChI is InChI=1S/C16H25ClFN/c1-4-6-9-16(5-2,12-19-3)11-13-7-8-14(17)10-15(13)18/h7-8,10,19H,4-6,9,11-12H2,1-3H3. The molecule has 3 heteroatoms. The molecule has 0 amide bonds. The zero-order chi connectivity index (χ0) is 14.3. The summed E-state index contributed by atoms with van der Waals surface area (Å²) in [5.74, 6) is -0.182. The smallest absolute Gasteiger partial charge is 0.127 e. The van der Waals surface area contributed by atoms with E-state index in [4.69, 9.17) is 11.6 Å². The topological polar surface area (TPSA) is 12.0 Å². The average Bonchev–Trinajstić information content (AvgIpc) is 2.39. The molecule has 0 saturated carbocycles. The zero-order valence-corrected chi connectivity index (χ0v) is 13.0. The molecular formula is C16H25ClFN. The Hall–Kier alpha value is -0.600. The number of hydrogen-bond acceptors (Lipinski definition) is 1. The van der Waals surface area contributed by atoms with Crippen molar-refractivity contribution in [2.24, 2.45) is 5.41 Å². The van der Waals surface area contributed by atoms with Crippen LogP contribution in [0, 0.1) is 11.2 Å². The number of benzene rings is 1. The summed E-state index contributed by atoms with van der Waals surface area (Å²) in [7, 11) is 1.97. The molecule has 0 heterocycles. The van der Waals surface area contributed by atoms with Gasteiger partial charge in [-0.05, 0) is 49.4 Å². The summed E-state index contributed by atoms with van der Waals surface area (Å²) in [4.78, 5) is 0. The van der Waals surface area contributed by atoms with Crippen LogP contribution in [-0.2, 0) is 6.42 Å². The van der Waals surface area contributed by atoms with Gasteiger partial charge in [0.05, 0.1) is 0 Å². The van der Waals surface area contributed by atoms with Gasteiger partial charge >= 0.3 is 0 Å². The predicted molar refractivity (Wildman–Crippen MR) is 81.3 cm³/mol. The third-order valence-electron chi connectivity index (χ3n) is 3.94. The lowest BCUT2D eigenvalue weighted by atomic mass is 9.75. The summed E-state index contributed by atoms with van der Waals surface area (Å²) in [6.07, 6.45) is 5.31. The first-order valence-corrected chi connectivity index (χ1v) is 7.53. The van der Waals surface area contributed by atoms with Gasteiger partial charge in [0.15, 0.2) is 0 Å². The van der Waals surface area contributed by atoms with E-state index in [1.54, 1.807) is 6.07 Å². The Bertz CT molecular complexity index is 394. The molecule has 19 heavy (non-hydrogen) atoms. The van der Waals surface area contributed by atoms with Crippen molar-refractivity contribution in [3.63, 3.8) is 0 Å². The maximum Gasteiger partial charge on any atom is 0.127 e. The molecule has 0 bridgehead atoms. The van der Waals surface area contributed by atoms with Crippen LogP contribution in [0.2, 0.25) is 5.02 Å². The van der Waals surface area contributed by atoms with Gasteiger partial charge in [-0.25, -0.2) is 4.39 Å². The zero-order valence-electron chi connectivity index (χ0n) is 12.2. The average molecular weight is 286 g/mol. The molecule has 1 N–H and O–H groups in total. The van der Waals surface area contributed by atoms with Gasteiger partial charge in [0, 0.05) is 11.6 Å². The van der Waals surface area contributed by atoms with E-state index in [9.17, 15) is 4.39 Å². The maximum atomic E-state index is 14.0. The number of hydrogen-bond donors (Lipinski definition) is 1. The van der Waals surface area contributed by atoms with E-state index in [0.29, 0.717) is 5.02 Å². The highest BCUT2D eigenvalue weighted by atomic mass is 35.5. The Kier molecular flexibility index (Phi) is 6.81. The summed E-state index contributed by atoms with van der Waals surface area (Å²) in [6.45, 7) is 5.31. The second kappa shape index (κ2) is 7.86. The van der Waals surface area contributed by atoms with Gasteiger partial charge in [0.25, 0.3) is 0 Å². The Labute approximate surface area is 121 Å². The van der Waals surface area contributed by atoms with Crippen molar-refractivity contribution in [3.05, 3.63) is 34.6 Å². The lowest BCUT2D eigenvalue weighted by molar-refractivity contribution is 0.232. The van der Waals surface area contributed by atoms with Crippen molar-refractivity contribution in [3.8, 4) is 0 Å². The van der Waals surface area contributed by atoms with E-state index in [-0.39, 0.29) is 11.2 Å². The van der Waals surface area contributed by atoms with E-state index in [2.05, 4.69) is 19.2 Å². The molecule has 0 aliphatic rings. The van der Waals surface area contributed by atoms with Crippen molar-refractivity contribution in [1.82, 2.24) is 5.32 Å². The fraction of sp³-hybridized carbons (Fsp3) is 0.625. The molecule has 1 atom stereocenters. The molecule has 1 aromatic carbocycles. The number of unbranched alkanes of at least 4 members (excludes halogenated alkanes) is 1. The predicted octanol–water partition coefficient (Wildman–Crippen LogP) is 4.83. The summed E-state index contributed by atoms with van der Waals surface area (Å²) >= 11 is 5.81. The van der Waals surface area contributed by atoms with E-state index in [0.717, 1.165) is 31.4 Å². The number of nitrogens with one attached hydrogen (secondary N) is 1. The highest BCUT2D eigenvalue weighted by Crippen LogP contribution is 2.33. The molecule has 0 saturated heterocycles. The van der Waals surface area contributed by atoms with Gasteiger partial charge in [0.1, 0.15) is 5.82 Å². The van der Waals surface area contributed by atoms with E-state index >= 15 is 0 Å². The number of halogens is 2. The monoisotopic (exact) mass is 285 g/mol. The molecule has 0 spiro atoms. The number of rotatable bonds is 8. The van der Waals surface area contributed by atoms with Crippen molar-refractivity contribution >= 4 is 11.6 Å². The highest BCUT2D eigenvalue weighted by Gasteiger charge is 2.28. The van der Waals surface area contributed by atoms with E-state index in [1.807, 2.05) is 13.1 Å². The van der Waals surface area contributed by atoms with Crippen LogP contribution in [0.4, 0.5) is 4.39 Å². The second-order valence-electron chi connectivity index (χ2n) is 5.40. The molecule has 0 aliphatic heterocycles. The van der Waals surface area contributed by atoms with Crippen molar-refractivity contribution in [2.45, 2.75) is 46.0 Å². The maximum absolute atomic E-state index is 14.0. The van der Waals surface area contributed by atoms with Crippen molar-refractivity contribution in [1.29, 1.82) is 0 Å². The van der Waals surface area contributed by atoms with Gasteiger partial charge in [-0.15, -0.1) is 0 Å². The molecular weight excluding hydrogens is 261 g/mol. The van der Waals surface area contributed by atoms with E-state index < -0.39 is 0 Å². The Morgan fingerprint density at radius 1 is 1.32 bits per heavy atom. The molecule has 0 aromatic heterocycles. The third kappa shape index (κ3) is 4.77. The minimum absolute atomic E-state index is 0.138. The second-order valence-corrected chi connectivity index (χ2v) is 5.84.